The number of benzene rings is 1. The van der Waals surface area contributed by atoms with E-state index in [0.29, 0.717) is 17.0 Å². The molecule has 4 nitrogen and oxygen atoms in total. The van der Waals surface area contributed by atoms with Crippen LogP contribution in [-0.4, -0.2) is 53.4 Å². The Balaban J connectivity index is 1.47. The Bertz CT molecular complexity index is 717. The van der Waals surface area contributed by atoms with E-state index in [1.165, 1.54) is 18.5 Å². The van der Waals surface area contributed by atoms with Crippen molar-refractivity contribution in [1.82, 2.24) is 14.8 Å². The first kappa shape index (κ1) is 17.3. The van der Waals surface area contributed by atoms with Crippen molar-refractivity contribution in [2.75, 3.05) is 32.7 Å². The van der Waals surface area contributed by atoms with Crippen LogP contribution in [-0.2, 0) is 0 Å². The van der Waals surface area contributed by atoms with Gasteiger partial charge in [0.2, 0.25) is 0 Å². The van der Waals surface area contributed by atoms with Crippen molar-refractivity contribution in [3.05, 3.63) is 59.9 Å². The molecule has 1 N–H and O–H groups in total. The lowest BCUT2D eigenvalue weighted by Crippen LogP contribution is -2.52. The highest BCUT2D eigenvalue weighted by molar-refractivity contribution is 5.92. The van der Waals surface area contributed by atoms with Gasteiger partial charge in [-0.2, -0.15) is 0 Å². The Morgan fingerprint density at radius 1 is 1.15 bits per heavy atom. The molecule has 4 rings (SSSR count). The number of H-pyrrole nitrogens is 1. The summed E-state index contributed by atoms with van der Waals surface area (Å²) >= 11 is 0. The minimum absolute atomic E-state index is 0.146. The van der Waals surface area contributed by atoms with Gasteiger partial charge in [-0.05, 0) is 54.8 Å². The highest BCUT2D eigenvalue weighted by atomic mass is 16.2. The number of carbonyl (C=O) groups excluding carboxylic acids is 1. The van der Waals surface area contributed by atoms with Crippen LogP contribution in [0, 0.1) is 5.41 Å². The van der Waals surface area contributed by atoms with Crippen LogP contribution in [0.2, 0.25) is 0 Å². The van der Waals surface area contributed by atoms with E-state index in [0.717, 1.165) is 39.0 Å². The number of nitrogens with zero attached hydrogens (tertiary/aromatic N) is 2. The highest BCUT2D eigenvalue weighted by Crippen LogP contribution is 2.45. The number of carbonyl (C=O) groups is 1. The topological polar surface area (TPSA) is 39.3 Å². The molecule has 2 aliphatic rings. The molecule has 1 aromatic carbocycles. The van der Waals surface area contributed by atoms with Crippen LogP contribution >= 0.6 is 0 Å². The Morgan fingerprint density at radius 3 is 2.58 bits per heavy atom. The molecule has 0 aliphatic carbocycles. The molecule has 26 heavy (non-hydrogen) atoms. The Morgan fingerprint density at radius 2 is 1.92 bits per heavy atom. The van der Waals surface area contributed by atoms with Gasteiger partial charge in [-0.25, -0.2) is 0 Å². The lowest BCUT2D eigenvalue weighted by molar-refractivity contribution is 0.0156. The number of aromatic amines is 1. The molecule has 2 fully saturated rings. The number of nitrogens with one attached hydrogen (secondary N) is 1. The number of likely N-dealkylation sites (tertiary alicyclic amines) is 2. The molecule has 2 aliphatic heterocycles. The summed E-state index contributed by atoms with van der Waals surface area (Å²) in [4.78, 5) is 20.3. The van der Waals surface area contributed by atoms with Crippen molar-refractivity contribution >= 4 is 5.91 Å². The fourth-order valence-electron chi connectivity index (χ4n) is 4.87. The zero-order chi connectivity index (χ0) is 18.0. The zero-order valence-electron chi connectivity index (χ0n) is 15.7. The summed E-state index contributed by atoms with van der Waals surface area (Å²) in [6.07, 6.45) is 5.29. The summed E-state index contributed by atoms with van der Waals surface area (Å²) < 4.78 is 0. The quantitative estimate of drug-likeness (QED) is 0.915. The van der Waals surface area contributed by atoms with E-state index < -0.39 is 0 Å². The lowest BCUT2D eigenvalue weighted by atomic mass is 9.68. The fourth-order valence-corrected chi connectivity index (χ4v) is 4.87. The molecule has 3 heterocycles. The monoisotopic (exact) mass is 351 g/mol. The summed E-state index contributed by atoms with van der Waals surface area (Å²) in [6.45, 7) is 7.46. The average molecular weight is 351 g/mol. The third-order valence-electron chi connectivity index (χ3n) is 6.37. The summed E-state index contributed by atoms with van der Waals surface area (Å²) in [5, 5.41) is 0. The highest BCUT2D eigenvalue weighted by Gasteiger charge is 2.42. The van der Waals surface area contributed by atoms with Gasteiger partial charge in [-0.15, -0.1) is 0 Å². The number of hydrogen-bond donors (Lipinski definition) is 1. The summed E-state index contributed by atoms with van der Waals surface area (Å²) in [5.41, 5.74) is 2.53. The molecule has 1 spiro atoms. The largest absolute Gasteiger partial charge is 0.357 e. The number of hydrogen-bond acceptors (Lipinski definition) is 2. The first-order valence-corrected chi connectivity index (χ1v) is 9.89. The molecule has 1 aromatic heterocycles. The van der Waals surface area contributed by atoms with Crippen LogP contribution in [0.4, 0.5) is 0 Å². The minimum Gasteiger partial charge on any atom is -0.357 e. The smallest absolute Gasteiger partial charge is 0.270 e. The normalized spacial score (nSPS) is 23.3. The SMILES string of the molecule is CCN1C[C@H](c2ccccc2)CC2(CCN(C(=O)c3ccc[nH]3)CC2)C1. The van der Waals surface area contributed by atoms with Gasteiger partial charge in [-0.1, -0.05) is 37.3 Å². The molecule has 1 atom stereocenters. The minimum atomic E-state index is 0.146. The summed E-state index contributed by atoms with van der Waals surface area (Å²) in [6, 6.07) is 14.7. The third kappa shape index (κ3) is 3.43. The number of aromatic nitrogens is 1. The van der Waals surface area contributed by atoms with Crippen molar-refractivity contribution in [3.8, 4) is 0 Å². The van der Waals surface area contributed by atoms with Crippen LogP contribution in [0.3, 0.4) is 0 Å². The van der Waals surface area contributed by atoms with Crippen molar-refractivity contribution in [2.45, 2.75) is 32.1 Å². The molecule has 0 unspecified atom stereocenters. The number of piperidine rings is 2. The van der Waals surface area contributed by atoms with Gasteiger partial charge >= 0.3 is 0 Å². The van der Waals surface area contributed by atoms with Crippen molar-refractivity contribution in [2.24, 2.45) is 5.41 Å². The maximum atomic E-state index is 12.6. The van der Waals surface area contributed by atoms with Gasteiger partial charge in [0.25, 0.3) is 5.91 Å². The molecule has 0 saturated carbocycles. The molecule has 2 aromatic rings. The number of amides is 1. The summed E-state index contributed by atoms with van der Waals surface area (Å²) in [5.74, 6) is 0.753. The molecule has 0 radical (unpaired) electrons. The van der Waals surface area contributed by atoms with E-state index in [1.54, 1.807) is 0 Å². The Kier molecular flexibility index (Phi) is 4.86. The average Bonchev–Trinajstić information content (AvgIpc) is 3.23. The number of rotatable bonds is 3. The molecule has 0 bridgehead atoms. The second kappa shape index (κ2) is 7.28. The van der Waals surface area contributed by atoms with Gasteiger partial charge < -0.3 is 14.8 Å². The van der Waals surface area contributed by atoms with E-state index in [4.69, 9.17) is 0 Å². The van der Waals surface area contributed by atoms with Gasteiger partial charge in [0.1, 0.15) is 5.69 Å². The van der Waals surface area contributed by atoms with E-state index in [9.17, 15) is 4.79 Å². The maximum absolute atomic E-state index is 12.6. The van der Waals surface area contributed by atoms with Crippen LogP contribution in [0.15, 0.2) is 48.7 Å². The molecular formula is C22H29N3O. The molecule has 1 amide bonds. The first-order chi connectivity index (χ1) is 12.7. The van der Waals surface area contributed by atoms with E-state index in [2.05, 4.69) is 47.1 Å². The maximum Gasteiger partial charge on any atom is 0.270 e. The second-order valence-electron chi connectivity index (χ2n) is 8.02. The molecular weight excluding hydrogens is 322 g/mol. The van der Waals surface area contributed by atoms with E-state index in [-0.39, 0.29) is 5.91 Å². The van der Waals surface area contributed by atoms with Crippen molar-refractivity contribution in [1.29, 1.82) is 0 Å². The van der Waals surface area contributed by atoms with Gasteiger partial charge in [0, 0.05) is 32.4 Å². The van der Waals surface area contributed by atoms with Crippen LogP contribution in [0.5, 0.6) is 0 Å². The van der Waals surface area contributed by atoms with Crippen LogP contribution in [0.25, 0.3) is 0 Å². The van der Waals surface area contributed by atoms with Gasteiger partial charge in [0.15, 0.2) is 0 Å². The van der Waals surface area contributed by atoms with E-state index >= 15 is 0 Å². The zero-order valence-corrected chi connectivity index (χ0v) is 15.7. The Hall–Kier alpha value is -2.07. The molecule has 138 valence electrons. The Labute approximate surface area is 156 Å². The van der Waals surface area contributed by atoms with E-state index in [1.807, 2.05) is 23.2 Å². The third-order valence-corrected chi connectivity index (χ3v) is 6.37. The molecule has 4 heteroatoms. The second-order valence-corrected chi connectivity index (χ2v) is 8.02. The predicted octanol–water partition coefficient (Wildman–Crippen LogP) is 3.75. The van der Waals surface area contributed by atoms with Crippen molar-refractivity contribution in [3.63, 3.8) is 0 Å². The van der Waals surface area contributed by atoms with Crippen molar-refractivity contribution < 1.29 is 4.79 Å². The van der Waals surface area contributed by atoms with Gasteiger partial charge in [0.05, 0.1) is 0 Å². The summed E-state index contributed by atoms with van der Waals surface area (Å²) in [7, 11) is 0. The van der Waals surface area contributed by atoms with Gasteiger partial charge in [-0.3, -0.25) is 4.79 Å². The predicted molar refractivity (Wildman–Crippen MR) is 104 cm³/mol. The van der Waals surface area contributed by atoms with Crippen LogP contribution < -0.4 is 0 Å². The van der Waals surface area contributed by atoms with Crippen LogP contribution in [0.1, 0.15) is 48.2 Å². The fraction of sp³-hybridized carbons (Fsp3) is 0.500. The first-order valence-electron chi connectivity index (χ1n) is 9.89. The lowest BCUT2D eigenvalue weighted by Gasteiger charge is -2.50. The molecule has 2 saturated heterocycles. The number of likely N-dealkylation sites (N-methyl/N-ethyl adjacent to an activating group) is 1. The standard InChI is InChI=1S/C22H29N3O/c1-2-24-16-19(18-7-4-3-5-8-18)15-22(17-24)10-13-25(14-11-22)21(26)20-9-6-12-23-20/h3-9,12,19,23H,2,10-11,13-17H2,1H3/t19-/m1/s1.